The molecule has 0 bridgehead atoms. The fraction of sp³-hybridized carbons (Fsp3) is 0.190. The Kier molecular flexibility index (Phi) is 7.12. The lowest BCUT2D eigenvalue weighted by molar-refractivity contribution is 0.555. The predicted octanol–water partition coefficient (Wildman–Crippen LogP) is 11.4. The molecule has 0 fully saturated rings. The molecule has 6 aromatic carbocycles. The number of para-hydroxylation sites is 2. The van der Waals surface area contributed by atoms with Crippen LogP contribution in [-0.4, -0.2) is 9.13 Å². The summed E-state index contributed by atoms with van der Waals surface area (Å²) in [7, 11) is 0. The highest BCUT2D eigenvalue weighted by Gasteiger charge is 2.21. The molecule has 1 unspecified atom stereocenters. The Bertz CT molecular complexity index is 2300. The van der Waals surface area contributed by atoms with Gasteiger partial charge in [-0.2, -0.15) is 0 Å². The highest BCUT2D eigenvalue weighted by molar-refractivity contribution is 6.23. The zero-order valence-electron chi connectivity index (χ0n) is 25.9. The van der Waals surface area contributed by atoms with Crippen LogP contribution >= 0.6 is 0 Å². The van der Waals surface area contributed by atoms with E-state index in [2.05, 4.69) is 143 Å². The standard InChI is InChI=1S/C42H39N3/c1-2-3-4-5-6-17-38(43)30-21-23-32(24-22-30)44-39-18-11-9-15-34(39)36-26-27-37-35-16-10-12-19-40(35)45(42(37)41(36)44)33-25-20-29-13-7-8-14-31(29)28-33/h7-16,18-28,38H,2-6,17,43H2,1H3. The maximum absolute atomic E-state index is 6.69. The molecule has 0 spiro atoms. The van der Waals surface area contributed by atoms with Crippen LogP contribution in [0.3, 0.4) is 0 Å². The van der Waals surface area contributed by atoms with Gasteiger partial charge in [0, 0.05) is 39.0 Å². The molecule has 3 heteroatoms. The number of unbranched alkanes of at least 4 members (excludes halogenated alkanes) is 4. The van der Waals surface area contributed by atoms with Gasteiger partial charge in [0.2, 0.25) is 0 Å². The number of hydrogen-bond donors (Lipinski definition) is 1. The van der Waals surface area contributed by atoms with Crippen LogP contribution in [0, 0.1) is 0 Å². The Hall–Kier alpha value is -4.86. The summed E-state index contributed by atoms with van der Waals surface area (Å²) in [5, 5.41) is 7.54. The summed E-state index contributed by atoms with van der Waals surface area (Å²) in [6.45, 7) is 2.26. The third kappa shape index (κ3) is 4.70. The maximum Gasteiger partial charge on any atom is 0.0788 e. The Balaban J connectivity index is 1.35. The zero-order chi connectivity index (χ0) is 30.3. The summed E-state index contributed by atoms with van der Waals surface area (Å²) in [5.41, 5.74) is 15.1. The normalized spacial score (nSPS) is 12.7. The van der Waals surface area contributed by atoms with E-state index < -0.39 is 0 Å². The Labute approximate surface area is 264 Å². The van der Waals surface area contributed by atoms with Crippen molar-refractivity contribution in [1.82, 2.24) is 9.13 Å². The van der Waals surface area contributed by atoms with Gasteiger partial charge in [-0.05, 0) is 59.2 Å². The molecule has 0 saturated carbocycles. The fourth-order valence-electron chi connectivity index (χ4n) is 7.36. The van der Waals surface area contributed by atoms with E-state index in [0.29, 0.717) is 0 Å². The smallest absolute Gasteiger partial charge is 0.0788 e. The molecule has 2 heterocycles. The van der Waals surface area contributed by atoms with E-state index in [-0.39, 0.29) is 6.04 Å². The van der Waals surface area contributed by atoms with Crippen molar-refractivity contribution in [3.63, 3.8) is 0 Å². The minimum absolute atomic E-state index is 0.0703. The summed E-state index contributed by atoms with van der Waals surface area (Å²) in [4.78, 5) is 0. The molecule has 222 valence electrons. The van der Waals surface area contributed by atoms with Gasteiger partial charge in [-0.3, -0.25) is 0 Å². The minimum atomic E-state index is 0.0703. The Morgan fingerprint density at radius 2 is 1.07 bits per heavy atom. The summed E-state index contributed by atoms with van der Waals surface area (Å²) in [6, 6.07) is 46.8. The molecule has 0 amide bonds. The van der Waals surface area contributed by atoms with Gasteiger partial charge in [0.05, 0.1) is 22.1 Å². The second-order valence-corrected chi connectivity index (χ2v) is 12.5. The van der Waals surface area contributed by atoms with E-state index in [0.717, 1.165) is 12.1 Å². The van der Waals surface area contributed by atoms with Crippen molar-refractivity contribution in [2.45, 2.75) is 51.5 Å². The topological polar surface area (TPSA) is 35.9 Å². The van der Waals surface area contributed by atoms with E-state index >= 15 is 0 Å². The molecule has 2 aromatic heterocycles. The van der Waals surface area contributed by atoms with Gasteiger partial charge in [-0.1, -0.05) is 130 Å². The quantitative estimate of drug-likeness (QED) is 0.168. The number of aromatic nitrogens is 2. The zero-order valence-corrected chi connectivity index (χ0v) is 25.9. The Morgan fingerprint density at radius 3 is 1.73 bits per heavy atom. The van der Waals surface area contributed by atoms with Crippen LogP contribution in [0.4, 0.5) is 0 Å². The maximum atomic E-state index is 6.69. The van der Waals surface area contributed by atoms with Crippen molar-refractivity contribution < 1.29 is 0 Å². The van der Waals surface area contributed by atoms with Crippen LogP contribution in [0.2, 0.25) is 0 Å². The molecular weight excluding hydrogens is 546 g/mol. The first-order valence-corrected chi connectivity index (χ1v) is 16.5. The highest BCUT2D eigenvalue weighted by atomic mass is 15.0. The molecule has 0 radical (unpaired) electrons. The van der Waals surface area contributed by atoms with E-state index in [1.807, 2.05) is 0 Å². The molecule has 8 aromatic rings. The van der Waals surface area contributed by atoms with Gasteiger partial charge in [0.25, 0.3) is 0 Å². The summed E-state index contributed by atoms with van der Waals surface area (Å²) in [5.74, 6) is 0. The number of fused-ring (bicyclic) bond motifs is 8. The molecule has 1 atom stereocenters. The van der Waals surface area contributed by atoms with Crippen molar-refractivity contribution in [1.29, 1.82) is 0 Å². The van der Waals surface area contributed by atoms with E-state index in [1.54, 1.807) is 0 Å². The van der Waals surface area contributed by atoms with Crippen LogP contribution in [0.5, 0.6) is 0 Å². The number of hydrogen-bond acceptors (Lipinski definition) is 1. The van der Waals surface area contributed by atoms with Gasteiger partial charge in [0.15, 0.2) is 0 Å². The number of nitrogens with zero attached hydrogens (tertiary/aromatic N) is 2. The first kappa shape index (κ1) is 27.7. The van der Waals surface area contributed by atoms with Crippen molar-refractivity contribution in [2.24, 2.45) is 5.73 Å². The minimum Gasteiger partial charge on any atom is -0.324 e. The third-order valence-corrected chi connectivity index (χ3v) is 9.66. The van der Waals surface area contributed by atoms with Crippen LogP contribution in [-0.2, 0) is 0 Å². The molecule has 8 rings (SSSR count). The van der Waals surface area contributed by atoms with Crippen LogP contribution in [0.25, 0.3) is 65.8 Å². The number of nitrogens with two attached hydrogens (primary N) is 1. The monoisotopic (exact) mass is 585 g/mol. The molecule has 0 aliphatic rings. The van der Waals surface area contributed by atoms with Gasteiger partial charge in [-0.25, -0.2) is 0 Å². The van der Waals surface area contributed by atoms with Crippen molar-refractivity contribution in [2.75, 3.05) is 0 Å². The second kappa shape index (κ2) is 11.6. The number of rotatable bonds is 9. The first-order chi connectivity index (χ1) is 22.2. The molecular formula is C42H39N3. The molecule has 0 aliphatic carbocycles. The van der Waals surface area contributed by atoms with Crippen molar-refractivity contribution in [3.05, 3.63) is 133 Å². The SMILES string of the molecule is CCCCCCCC(N)c1ccc(-n2c3ccccc3c3ccc4c5ccccc5n(-c5ccc6ccccc6c5)c4c32)cc1. The average Bonchev–Trinajstić information content (AvgIpc) is 3.61. The van der Waals surface area contributed by atoms with Gasteiger partial charge >= 0.3 is 0 Å². The predicted molar refractivity (Wildman–Crippen MR) is 193 cm³/mol. The summed E-state index contributed by atoms with van der Waals surface area (Å²) < 4.78 is 4.93. The van der Waals surface area contributed by atoms with Crippen molar-refractivity contribution in [3.8, 4) is 11.4 Å². The first-order valence-electron chi connectivity index (χ1n) is 16.5. The van der Waals surface area contributed by atoms with Crippen LogP contribution in [0.1, 0.15) is 57.1 Å². The molecule has 3 nitrogen and oxygen atoms in total. The largest absolute Gasteiger partial charge is 0.324 e. The number of benzene rings is 6. The third-order valence-electron chi connectivity index (χ3n) is 9.66. The second-order valence-electron chi connectivity index (χ2n) is 12.5. The molecule has 2 N–H and O–H groups in total. The molecule has 0 saturated heterocycles. The lowest BCUT2D eigenvalue weighted by Gasteiger charge is -2.15. The molecule has 45 heavy (non-hydrogen) atoms. The Morgan fingerprint density at radius 1 is 0.511 bits per heavy atom. The lowest BCUT2D eigenvalue weighted by Crippen LogP contribution is -2.10. The van der Waals surface area contributed by atoms with Crippen LogP contribution < -0.4 is 5.73 Å². The fourth-order valence-corrected chi connectivity index (χ4v) is 7.36. The van der Waals surface area contributed by atoms with Gasteiger partial charge in [0.1, 0.15) is 0 Å². The molecule has 0 aliphatic heterocycles. The van der Waals surface area contributed by atoms with Gasteiger partial charge in [-0.15, -0.1) is 0 Å². The van der Waals surface area contributed by atoms with E-state index in [9.17, 15) is 0 Å². The van der Waals surface area contributed by atoms with Gasteiger partial charge < -0.3 is 14.9 Å². The van der Waals surface area contributed by atoms with E-state index in [1.165, 1.54) is 97.7 Å². The lowest BCUT2D eigenvalue weighted by atomic mass is 10.0. The van der Waals surface area contributed by atoms with Crippen molar-refractivity contribution >= 4 is 54.4 Å². The summed E-state index contributed by atoms with van der Waals surface area (Å²) >= 11 is 0. The van der Waals surface area contributed by atoms with E-state index in [4.69, 9.17) is 5.73 Å². The summed E-state index contributed by atoms with van der Waals surface area (Å²) in [6.07, 6.45) is 7.38. The van der Waals surface area contributed by atoms with Crippen LogP contribution in [0.15, 0.2) is 127 Å². The average molecular weight is 586 g/mol. The highest BCUT2D eigenvalue weighted by Crippen LogP contribution is 2.42.